The van der Waals surface area contributed by atoms with E-state index in [9.17, 15) is 0 Å². The Balaban J connectivity index is 2.89. The first kappa shape index (κ1) is 20.9. The van der Waals surface area contributed by atoms with Crippen molar-refractivity contribution in [2.45, 2.75) is 25.7 Å². The SMILES string of the molecule is ClCCCCCCOCCOCCOCCOCCI. The number of halogens is 2. The van der Waals surface area contributed by atoms with E-state index in [4.69, 9.17) is 30.5 Å². The minimum absolute atomic E-state index is 0.616. The lowest BCUT2D eigenvalue weighted by atomic mass is 10.2. The van der Waals surface area contributed by atoms with Crippen LogP contribution in [0.5, 0.6) is 0 Å². The van der Waals surface area contributed by atoms with Crippen LogP contribution in [0.4, 0.5) is 0 Å². The minimum atomic E-state index is 0.616. The second kappa shape index (κ2) is 19.9. The molecule has 0 saturated heterocycles. The Hall–Kier alpha value is 0.860. The molecule has 0 unspecified atom stereocenters. The highest BCUT2D eigenvalue weighted by atomic mass is 127. The maximum absolute atomic E-state index is 5.60. The van der Waals surface area contributed by atoms with Crippen LogP contribution in [0, 0.1) is 0 Å². The molecule has 0 aromatic carbocycles. The highest BCUT2D eigenvalue weighted by molar-refractivity contribution is 14.1. The van der Waals surface area contributed by atoms with E-state index in [0.717, 1.165) is 36.4 Å². The molecule has 0 heterocycles. The van der Waals surface area contributed by atoms with Gasteiger partial charge >= 0.3 is 0 Å². The Morgan fingerprint density at radius 2 is 1.00 bits per heavy atom. The predicted octanol–water partition coefficient (Wildman–Crippen LogP) is 3.29. The van der Waals surface area contributed by atoms with Crippen molar-refractivity contribution in [3.8, 4) is 0 Å². The summed E-state index contributed by atoms with van der Waals surface area (Å²) < 4.78 is 22.5. The average Bonchev–Trinajstić information content (AvgIpc) is 2.47. The van der Waals surface area contributed by atoms with Gasteiger partial charge in [0.05, 0.1) is 46.2 Å². The Labute approximate surface area is 142 Å². The summed E-state index contributed by atoms with van der Waals surface area (Å²) in [4.78, 5) is 0. The third-order valence-electron chi connectivity index (χ3n) is 2.51. The van der Waals surface area contributed by atoms with Crippen LogP contribution < -0.4 is 0 Å². The number of hydrogen-bond acceptors (Lipinski definition) is 4. The van der Waals surface area contributed by atoms with E-state index in [0.29, 0.717) is 39.6 Å². The van der Waals surface area contributed by atoms with Gasteiger partial charge < -0.3 is 18.9 Å². The van der Waals surface area contributed by atoms with Crippen molar-refractivity contribution in [3.05, 3.63) is 0 Å². The third-order valence-corrected chi connectivity index (χ3v) is 3.22. The molecule has 20 heavy (non-hydrogen) atoms. The van der Waals surface area contributed by atoms with Crippen LogP contribution in [0.15, 0.2) is 0 Å². The molecule has 0 spiro atoms. The number of ether oxygens (including phenoxy) is 4. The standard InChI is InChI=1S/C14H28ClIO4/c15-5-3-1-2-4-7-17-9-11-19-13-14-20-12-10-18-8-6-16/h1-14H2. The van der Waals surface area contributed by atoms with Gasteiger partial charge in [-0.2, -0.15) is 0 Å². The maximum Gasteiger partial charge on any atom is 0.0701 e. The van der Waals surface area contributed by atoms with E-state index in [1.165, 1.54) is 12.8 Å². The Kier molecular flexibility index (Phi) is 20.7. The van der Waals surface area contributed by atoms with Gasteiger partial charge in [-0.1, -0.05) is 35.4 Å². The van der Waals surface area contributed by atoms with Crippen LogP contribution in [-0.2, 0) is 18.9 Å². The summed E-state index contributed by atoms with van der Waals surface area (Å²) in [5.74, 6) is 0.765. The van der Waals surface area contributed by atoms with Gasteiger partial charge in [0.25, 0.3) is 0 Å². The van der Waals surface area contributed by atoms with Crippen LogP contribution in [-0.4, -0.2) is 63.2 Å². The van der Waals surface area contributed by atoms with Crippen molar-refractivity contribution in [1.29, 1.82) is 0 Å². The zero-order valence-electron chi connectivity index (χ0n) is 12.3. The molecule has 0 amide bonds. The molecule has 0 aliphatic carbocycles. The molecule has 0 aromatic rings. The molecule has 4 nitrogen and oxygen atoms in total. The van der Waals surface area contributed by atoms with Gasteiger partial charge in [-0.15, -0.1) is 11.6 Å². The van der Waals surface area contributed by atoms with Crippen molar-refractivity contribution >= 4 is 34.2 Å². The number of unbranched alkanes of at least 4 members (excludes halogenated alkanes) is 3. The molecule has 122 valence electrons. The maximum atomic E-state index is 5.60. The van der Waals surface area contributed by atoms with Crippen molar-refractivity contribution in [1.82, 2.24) is 0 Å². The summed E-state index contributed by atoms with van der Waals surface area (Å²) in [5.41, 5.74) is 0. The number of rotatable bonds is 17. The second-order valence-corrected chi connectivity index (χ2v) is 5.70. The molecule has 6 heteroatoms. The van der Waals surface area contributed by atoms with Crippen molar-refractivity contribution in [2.75, 3.05) is 63.2 Å². The molecule has 0 saturated carbocycles. The predicted molar refractivity (Wildman–Crippen MR) is 91.4 cm³/mol. The molecule has 0 atom stereocenters. The van der Waals surface area contributed by atoms with Gasteiger partial charge in [0, 0.05) is 16.9 Å². The van der Waals surface area contributed by atoms with Gasteiger partial charge in [0.1, 0.15) is 0 Å². The lowest BCUT2D eigenvalue weighted by Crippen LogP contribution is -2.12. The number of hydrogen-bond donors (Lipinski definition) is 0. The van der Waals surface area contributed by atoms with Crippen molar-refractivity contribution in [3.63, 3.8) is 0 Å². The summed E-state index contributed by atoms with van der Waals surface area (Å²) in [7, 11) is 0. The average molecular weight is 423 g/mol. The second-order valence-electron chi connectivity index (χ2n) is 4.24. The third kappa shape index (κ3) is 18.9. The van der Waals surface area contributed by atoms with Gasteiger partial charge in [-0.25, -0.2) is 0 Å². The van der Waals surface area contributed by atoms with Crippen LogP contribution in [0.1, 0.15) is 25.7 Å². The summed E-state index contributed by atoms with van der Waals surface area (Å²) >= 11 is 7.89. The molecular formula is C14H28ClIO4. The summed E-state index contributed by atoms with van der Waals surface area (Å²) in [6.07, 6.45) is 4.61. The smallest absolute Gasteiger partial charge is 0.0701 e. The number of alkyl halides is 2. The lowest BCUT2D eigenvalue weighted by Gasteiger charge is -2.07. The van der Waals surface area contributed by atoms with Crippen LogP contribution in [0.3, 0.4) is 0 Å². The fourth-order valence-electron chi connectivity index (χ4n) is 1.47. The first-order valence-corrected chi connectivity index (χ1v) is 9.40. The molecule has 0 aliphatic heterocycles. The zero-order valence-corrected chi connectivity index (χ0v) is 15.2. The van der Waals surface area contributed by atoms with E-state index in [-0.39, 0.29) is 0 Å². The van der Waals surface area contributed by atoms with E-state index in [1.807, 2.05) is 0 Å². The Morgan fingerprint density at radius 3 is 1.50 bits per heavy atom. The summed E-state index contributed by atoms with van der Waals surface area (Å²) in [5, 5.41) is 0. The highest BCUT2D eigenvalue weighted by Crippen LogP contribution is 2.00. The highest BCUT2D eigenvalue weighted by Gasteiger charge is 1.93. The molecule has 0 aromatic heterocycles. The van der Waals surface area contributed by atoms with Crippen LogP contribution in [0.25, 0.3) is 0 Å². The molecule has 0 radical (unpaired) electrons. The zero-order chi connectivity index (χ0) is 14.7. The molecule has 0 N–H and O–H groups in total. The fourth-order valence-corrected chi connectivity index (χ4v) is 1.97. The van der Waals surface area contributed by atoms with Crippen molar-refractivity contribution < 1.29 is 18.9 Å². The quantitative estimate of drug-likeness (QED) is 0.205. The van der Waals surface area contributed by atoms with Crippen molar-refractivity contribution in [2.24, 2.45) is 0 Å². The lowest BCUT2D eigenvalue weighted by molar-refractivity contribution is -0.000450. The Morgan fingerprint density at radius 1 is 0.550 bits per heavy atom. The first-order chi connectivity index (χ1) is 9.91. The monoisotopic (exact) mass is 422 g/mol. The van der Waals surface area contributed by atoms with E-state index >= 15 is 0 Å². The largest absolute Gasteiger partial charge is 0.379 e. The van der Waals surface area contributed by atoms with E-state index < -0.39 is 0 Å². The summed E-state index contributed by atoms with van der Waals surface area (Å²) in [6, 6.07) is 0. The van der Waals surface area contributed by atoms with Gasteiger partial charge in [-0.3, -0.25) is 0 Å². The minimum Gasteiger partial charge on any atom is -0.379 e. The normalized spacial score (nSPS) is 11.1. The van der Waals surface area contributed by atoms with E-state index in [2.05, 4.69) is 22.6 Å². The summed E-state index contributed by atoms with van der Waals surface area (Å²) in [6.45, 7) is 5.44. The molecular weight excluding hydrogens is 395 g/mol. The van der Waals surface area contributed by atoms with Gasteiger partial charge in [0.2, 0.25) is 0 Å². The molecule has 0 rings (SSSR count). The van der Waals surface area contributed by atoms with Gasteiger partial charge in [-0.05, 0) is 12.8 Å². The van der Waals surface area contributed by atoms with Crippen LogP contribution in [0.2, 0.25) is 0 Å². The van der Waals surface area contributed by atoms with Crippen LogP contribution >= 0.6 is 34.2 Å². The molecule has 0 aliphatic rings. The van der Waals surface area contributed by atoms with E-state index in [1.54, 1.807) is 0 Å². The van der Waals surface area contributed by atoms with Gasteiger partial charge in [0.15, 0.2) is 0 Å². The fraction of sp³-hybridized carbons (Fsp3) is 1.00. The molecule has 0 bridgehead atoms. The first-order valence-electron chi connectivity index (χ1n) is 7.34. The topological polar surface area (TPSA) is 36.9 Å². The molecule has 0 fully saturated rings. The Bertz CT molecular complexity index is 157.